The Kier molecular flexibility index (Phi) is 5.63. The Balaban J connectivity index is 1.76. The number of benzene rings is 2. The first kappa shape index (κ1) is 18.3. The molecule has 0 aliphatic carbocycles. The van der Waals surface area contributed by atoms with E-state index in [0.29, 0.717) is 23.6 Å². The predicted molar refractivity (Wildman–Crippen MR) is 104 cm³/mol. The maximum atomic E-state index is 12.1. The van der Waals surface area contributed by atoms with Crippen molar-refractivity contribution in [1.29, 1.82) is 0 Å². The molecule has 1 aromatic heterocycles. The number of aryl methyl sites for hydroxylation is 1. The zero-order valence-corrected chi connectivity index (χ0v) is 15.0. The molecule has 0 saturated heterocycles. The van der Waals surface area contributed by atoms with Crippen molar-refractivity contribution in [1.82, 2.24) is 15.4 Å². The van der Waals surface area contributed by atoms with Crippen molar-refractivity contribution in [3.05, 3.63) is 71.4 Å². The van der Waals surface area contributed by atoms with Crippen LogP contribution in [0.25, 0.3) is 11.3 Å². The van der Waals surface area contributed by atoms with Gasteiger partial charge in [0.25, 0.3) is 5.91 Å². The van der Waals surface area contributed by atoms with Crippen molar-refractivity contribution in [2.24, 2.45) is 5.84 Å². The van der Waals surface area contributed by atoms with Gasteiger partial charge in [-0.15, -0.1) is 0 Å². The van der Waals surface area contributed by atoms with E-state index in [1.807, 2.05) is 42.5 Å². The van der Waals surface area contributed by atoms with Crippen molar-refractivity contribution in [2.45, 2.75) is 13.3 Å². The average molecular weight is 363 g/mol. The van der Waals surface area contributed by atoms with Crippen molar-refractivity contribution < 1.29 is 9.53 Å². The van der Waals surface area contributed by atoms with Gasteiger partial charge in [0, 0.05) is 12.0 Å². The van der Waals surface area contributed by atoms with Crippen LogP contribution in [0.3, 0.4) is 0 Å². The fraction of sp³-hybridized carbons (Fsp3) is 0.150. The average Bonchev–Trinajstić information content (AvgIpc) is 2.68. The summed E-state index contributed by atoms with van der Waals surface area (Å²) in [6.07, 6.45) is 0.824. The number of anilines is 1. The summed E-state index contributed by atoms with van der Waals surface area (Å²) in [5, 5.41) is 0. The molecule has 0 atom stereocenters. The number of nitrogens with two attached hydrogens (primary N) is 2. The molecule has 0 radical (unpaired) electrons. The van der Waals surface area contributed by atoms with E-state index in [0.717, 1.165) is 17.7 Å². The molecule has 7 heteroatoms. The lowest BCUT2D eigenvalue weighted by Gasteiger charge is -2.12. The van der Waals surface area contributed by atoms with Gasteiger partial charge in [-0.2, -0.15) is 0 Å². The molecular formula is C20H21N5O2. The van der Waals surface area contributed by atoms with E-state index < -0.39 is 5.91 Å². The van der Waals surface area contributed by atoms with Gasteiger partial charge < -0.3 is 10.5 Å². The van der Waals surface area contributed by atoms with Gasteiger partial charge in [-0.3, -0.25) is 10.2 Å². The number of ether oxygens (including phenoxy) is 1. The van der Waals surface area contributed by atoms with Crippen LogP contribution in [0, 0.1) is 6.92 Å². The minimum absolute atomic E-state index is 0.0965. The molecule has 3 aromatic rings. The lowest BCUT2D eigenvalue weighted by Crippen LogP contribution is -2.31. The predicted octanol–water partition coefficient (Wildman–Crippen LogP) is 2.26. The molecule has 1 amide bonds. The highest BCUT2D eigenvalue weighted by molar-refractivity contribution is 6.00. The number of amides is 1. The molecule has 27 heavy (non-hydrogen) atoms. The fourth-order valence-corrected chi connectivity index (χ4v) is 2.79. The van der Waals surface area contributed by atoms with Crippen molar-refractivity contribution >= 4 is 11.9 Å². The van der Waals surface area contributed by atoms with E-state index in [9.17, 15) is 4.79 Å². The second-order valence-corrected chi connectivity index (χ2v) is 5.97. The number of nitrogens with one attached hydrogen (secondary N) is 1. The maximum Gasteiger partial charge on any atom is 0.269 e. The second-order valence-electron chi connectivity index (χ2n) is 5.97. The zero-order valence-electron chi connectivity index (χ0n) is 15.0. The molecule has 0 saturated carbocycles. The number of hydrogen-bond donors (Lipinski definition) is 3. The summed E-state index contributed by atoms with van der Waals surface area (Å²) in [6, 6.07) is 17.5. The van der Waals surface area contributed by atoms with Crippen LogP contribution in [-0.2, 0) is 6.42 Å². The van der Waals surface area contributed by atoms with Gasteiger partial charge in [-0.05, 0) is 36.8 Å². The Morgan fingerprint density at radius 3 is 2.44 bits per heavy atom. The number of carbonyl (C=O) groups is 1. The Labute approximate surface area is 157 Å². The summed E-state index contributed by atoms with van der Waals surface area (Å²) in [6.45, 7) is 2.26. The normalized spacial score (nSPS) is 10.4. The Morgan fingerprint density at radius 2 is 1.78 bits per heavy atom. The summed E-state index contributed by atoms with van der Waals surface area (Å²) in [5.74, 6) is 5.64. The number of nitrogen functional groups attached to an aromatic ring is 2. The van der Waals surface area contributed by atoms with E-state index in [2.05, 4.69) is 27.5 Å². The van der Waals surface area contributed by atoms with Gasteiger partial charge >= 0.3 is 0 Å². The molecule has 7 nitrogen and oxygen atoms in total. The van der Waals surface area contributed by atoms with Crippen molar-refractivity contribution in [3.8, 4) is 17.0 Å². The summed E-state index contributed by atoms with van der Waals surface area (Å²) in [5.41, 5.74) is 11.0. The fourth-order valence-electron chi connectivity index (χ4n) is 2.79. The molecule has 0 aliphatic rings. The summed E-state index contributed by atoms with van der Waals surface area (Å²) in [4.78, 5) is 20.4. The monoisotopic (exact) mass is 363 g/mol. The van der Waals surface area contributed by atoms with Crippen LogP contribution < -0.4 is 21.7 Å². The molecule has 5 N–H and O–H groups in total. The number of nitrogens with zero attached hydrogens (tertiary/aromatic N) is 2. The smallest absolute Gasteiger partial charge is 0.269 e. The SMILES string of the molecule is Cc1nc(N)nc(-c2ccc(OCCc3ccccc3)cc2)c1C(=O)NN. The third kappa shape index (κ3) is 4.39. The first-order valence-electron chi connectivity index (χ1n) is 8.50. The zero-order chi connectivity index (χ0) is 19.2. The first-order chi connectivity index (χ1) is 13.1. The molecular weight excluding hydrogens is 342 g/mol. The Morgan fingerprint density at radius 1 is 1.07 bits per heavy atom. The Bertz CT molecular complexity index is 927. The van der Waals surface area contributed by atoms with Crippen LogP contribution in [0.2, 0.25) is 0 Å². The van der Waals surface area contributed by atoms with Gasteiger partial charge in [0.2, 0.25) is 5.95 Å². The summed E-state index contributed by atoms with van der Waals surface area (Å²) < 4.78 is 5.79. The standard InChI is InChI=1S/C20H21N5O2/c1-13-17(19(26)25-22)18(24-20(21)23-13)15-7-9-16(10-8-15)27-12-11-14-5-3-2-4-6-14/h2-10H,11-12,22H2,1H3,(H,25,26)(H2,21,23,24). The molecule has 2 aromatic carbocycles. The van der Waals surface area contributed by atoms with Crippen LogP contribution >= 0.6 is 0 Å². The quantitative estimate of drug-likeness (QED) is 0.351. The third-order valence-corrected chi connectivity index (χ3v) is 4.10. The van der Waals surface area contributed by atoms with Crippen molar-refractivity contribution in [2.75, 3.05) is 12.3 Å². The maximum absolute atomic E-state index is 12.1. The van der Waals surface area contributed by atoms with Crippen LogP contribution in [0.15, 0.2) is 54.6 Å². The number of hydrazine groups is 1. The largest absolute Gasteiger partial charge is 0.493 e. The van der Waals surface area contributed by atoms with Crippen LogP contribution in [0.1, 0.15) is 21.6 Å². The molecule has 138 valence electrons. The van der Waals surface area contributed by atoms with Gasteiger partial charge in [0.1, 0.15) is 5.75 Å². The first-order valence-corrected chi connectivity index (χ1v) is 8.50. The number of carbonyl (C=O) groups excluding carboxylic acids is 1. The second kappa shape index (κ2) is 8.29. The molecule has 0 fully saturated rings. The van der Waals surface area contributed by atoms with E-state index in [1.54, 1.807) is 6.92 Å². The lowest BCUT2D eigenvalue weighted by atomic mass is 10.0. The highest BCUT2D eigenvalue weighted by atomic mass is 16.5. The minimum Gasteiger partial charge on any atom is -0.493 e. The van der Waals surface area contributed by atoms with Crippen molar-refractivity contribution in [3.63, 3.8) is 0 Å². The van der Waals surface area contributed by atoms with E-state index in [-0.39, 0.29) is 5.95 Å². The highest BCUT2D eigenvalue weighted by Gasteiger charge is 2.18. The third-order valence-electron chi connectivity index (χ3n) is 4.10. The molecule has 0 bridgehead atoms. The molecule has 3 rings (SSSR count). The summed E-state index contributed by atoms with van der Waals surface area (Å²) in [7, 11) is 0. The van der Waals surface area contributed by atoms with E-state index in [4.69, 9.17) is 16.3 Å². The molecule has 1 heterocycles. The van der Waals surface area contributed by atoms with E-state index >= 15 is 0 Å². The summed E-state index contributed by atoms with van der Waals surface area (Å²) >= 11 is 0. The van der Waals surface area contributed by atoms with Gasteiger partial charge in [0.15, 0.2) is 0 Å². The number of aromatic nitrogens is 2. The van der Waals surface area contributed by atoms with Crippen LogP contribution in [-0.4, -0.2) is 22.5 Å². The van der Waals surface area contributed by atoms with Crippen LogP contribution in [0.5, 0.6) is 5.75 Å². The highest BCUT2D eigenvalue weighted by Crippen LogP contribution is 2.26. The van der Waals surface area contributed by atoms with Gasteiger partial charge in [0.05, 0.1) is 23.6 Å². The number of rotatable bonds is 6. The lowest BCUT2D eigenvalue weighted by molar-refractivity contribution is 0.0953. The van der Waals surface area contributed by atoms with Crippen LogP contribution in [0.4, 0.5) is 5.95 Å². The van der Waals surface area contributed by atoms with Gasteiger partial charge in [-0.25, -0.2) is 15.8 Å². The van der Waals surface area contributed by atoms with Gasteiger partial charge in [-0.1, -0.05) is 30.3 Å². The minimum atomic E-state index is -0.467. The molecule has 0 aliphatic heterocycles. The number of hydrogen-bond acceptors (Lipinski definition) is 6. The molecule has 0 spiro atoms. The Hall–Kier alpha value is -3.45. The topological polar surface area (TPSA) is 116 Å². The van der Waals surface area contributed by atoms with E-state index in [1.165, 1.54) is 5.56 Å². The molecule has 0 unspecified atom stereocenters.